The van der Waals surface area contributed by atoms with Crippen LogP contribution in [0.15, 0.2) is 40.7 Å². The molecule has 0 atom stereocenters. The van der Waals surface area contributed by atoms with Crippen LogP contribution in [0.4, 0.5) is 5.69 Å². The topological polar surface area (TPSA) is 62.6 Å². The quantitative estimate of drug-likeness (QED) is 0.255. The van der Waals surface area contributed by atoms with Gasteiger partial charge in [-0.15, -0.1) is 0 Å². The smallest absolute Gasteiger partial charge is 0.384 e. The van der Waals surface area contributed by atoms with Gasteiger partial charge in [-0.25, -0.2) is 5.43 Å². The molecule has 0 spiro atoms. The van der Waals surface area contributed by atoms with Gasteiger partial charge in [-0.05, 0) is 0 Å². The van der Waals surface area contributed by atoms with Crippen LogP contribution in [0.2, 0.25) is 0 Å². The molecule has 1 aromatic rings. The molecule has 0 unspecified atom stereocenters. The minimum absolute atomic E-state index is 0. The van der Waals surface area contributed by atoms with E-state index in [1.54, 1.807) is 12.1 Å². The van der Waals surface area contributed by atoms with E-state index in [-0.39, 0.29) is 29.6 Å². The number of benzene rings is 1. The van der Waals surface area contributed by atoms with Crippen LogP contribution in [-0.2, 0) is 0 Å². The maximum Gasteiger partial charge on any atom is 1.00 e. The van der Waals surface area contributed by atoms with Crippen molar-refractivity contribution in [2.24, 2.45) is 10.3 Å². The molecular weight excluding hydrogens is 163 g/mol. The van der Waals surface area contributed by atoms with Crippen molar-refractivity contribution in [1.82, 2.24) is 0 Å². The predicted octanol–water partition coefficient (Wildman–Crippen LogP) is -0.456. The second-order valence-corrected chi connectivity index (χ2v) is 1.72. The van der Waals surface area contributed by atoms with Crippen molar-refractivity contribution in [1.29, 1.82) is 5.26 Å². The van der Waals surface area contributed by atoms with E-state index < -0.39 is 0 Å². The number of hydrogen-bond acceptors (Lipinski definition) is 3. The van der Waals surface area contributed by atoms with Gasteiger partial charge in [0.2, 0.25) is 0 Å². The molecule has 0 aliphatic heterocycles. The van der Waals surface area contributed by atoms with Crippen molar-refractivity contribution in [2.75, 3.05) is 0 Å². The van der Waals surface area contributed by atoms with Gasteiger partial charge < -0.3 is 5.26 Å². The Morgan fingerprint density at radius 1 is 1.25 bits per heavy atom. The summed E-state index contributed by atoms with van der Waals surface area (Å²) in [6, 6.07) is 9.09. The molecule has 0 aliphatic rings. The summed E-state index contributed by atoms with van der Waals surface area (Å²) in [5.74, 6) is 0. The SMILES string of the molecule is N#C[N-]N=Nc1ccccc1.[Na+]. The fourth-order valence-corrected chi connectivity index (χ4v) is 0.589. The minimum atomic E-state index is 0. The van der Waals surface area contributed by atoms with Crippen molar-refractivity contribution in [3.63, 3.8) is 0 Å². The van der Waals surface area contributed by atoms with Crippen molar-refractivity contribution >= 4 is 5.69 Å². The molecule has 0 aromatic heterocycles. The molecule has 5 heteroatoms. The van der Waals surface area contributed by atoms with E-state index in [0.717, 1.165) is 0 Å². The van der Waals surface area contributed by atoms with Gasteiger partial charge in [0.1, 0.15) is 0 Å². The first-order valence-corrected chi connectivity index (χ1v) is 2.98. The third kappa shape index (κ3) is 4.09. The summed E-state index contributed by atoms with van der Waals surface area (Å²) in [5, 5.41) is 14.9. The summed E-state index contributed by atoms with van der Waals surface area (Å²) in [5.41, 5.74) is 3.72. The summed E-state index contributed by atoms with van der Waals surface area (Å²) < 4.78 is 0. The van der Waals surface area contributed by atoms with E-state index >= 15 is 0 Å². The Bertz CT molecular complexity index is 277. The zero-order chi connectivity index (χ0) is 7.94. The first-order valence-electron chi connectivity index (χ1n) is 2.98. The average molecular weight is 168 g/mol. The van der Waals surface area contributed by atoms with Crippen LogP contribution < -0.4 is 29.6 Å². The van der Waals surface area contributed by atoms with Gasteiger partial charge in [-0.2, -0.15) is 5.22 Å². The number of hydrogen-bond donors (Lipinski definition) is 0. The van der Waals surface area contributed by atoms with Crippen LogP contribution in [0.3, 0.4) is 0 Å². The number of nitriles is 1. The molecular formula is C7H5N4Na. The average Bonchev–Trinajstić information content (AvgIpc) is 2.07. The summed E-state index contributed by atoms with van der Waals surface area (Å²) in [6.45, 7) is 0. The second kappa shape index (κ2) is 6.80. The maximum absolute atomic E-state index is 7.97. The normalized spacial score (nSPS) is 8.58. The molecule has 12 heavy (non-hydrogen) atoms. The molecule has 0 heterocycles. The molecule has 0 radical (unpaired) electrons. The van der Waals surface area contributed by atoms with E-state index in [1.165, 1.54) is 6.19 Å². The minimum Gasteiger partial charge on any atom is -0.384 e. The van der Waals surface area contributed by atoms with Crippen LogP contribution in [0.25, 0.3) is 5.43 Å². The molecule has 4 nitrogen and oxygen atoms in total. The summed E-state index contributed by atoms with van der Waals surface area (Å²) in [6.07, 6.45) is 1.50. The molecule has 0 saturated heterocycles. The Kier molecular flexibility index (Phi) is 6.29. The summed E-state index contributed by atoms with van der Waals surface area (Å²) in [4.78, 5) is 0. The van der Waals surface area contributed by atoms with Gasteiger partial charge in [-0.1, -0.05) is 30.3 Å². The number of rotatable bonds is 2. The molecule has 0 fully saturated rings. The van der Waals surface area contributed by atoms with Gasteiger partial charge in [0.15, 0.2) is 0 Å². The first-order chi connectivity index (χ1) is 5.43. The molecule has 54 valence electrons. The maximum atomic E-state index is 7.97. The molecule has 1 rings (SSSR count). The van der Waals surface area contributed by atoms with Crippen molar-refractivity contribution in [3.8, 4) is 6.19 Å². The molecule has 1 aromatic carbocycles. The molecule has 0 N–H and O–H groups in total. The van der Waals surface area contributed by atoms with Crippen molar-refractivity contribution in [2.45, 2.75) is 0 Å². The van der Waals surface area contributed by atoms with Crippen LogP contribution in [0, 0.1) is 11.5 Å². The Balaban J connectivity index is 0.00000121. The van der Waals surface area contributed by atoms with Crippen LogP contribution in [-0.4, -0.2) is 0 Å². The van der Waals surface area contributed by atoms with E-state index in [2.05, 4.69) is 15.8 Å². The summed E-state index contributed by atoms with van der Waals surface area (Å²) in [7, 11) is 0. The van der Waals surface area contributed by atoms with Crippen LogP contribution >= 0.6 is 0 Å². The zero-order valence-electron chi connectivity index (χ0n) is 6.68. The van der Waals surface area contributed by atoms with E-state index in [1.807, 2.05) is 18.2 Å². The molecule has 0 bridgehead atoms. The van der Waals surface area contributed by atoms with Crippen molar-refractivity contribution in [3.05, 3.63) is 35.8 Å². The van der Waals surface area contributed by atoms with Gasteiger partial charge in [0, 0.05) is 11.9 Å². The fraction of sp³-hybridized carbons (Fsp3) is 0. The molecule has 0 aliphatic carbocycles. The number of nitrogens with zero attached hydrogens (tertiary/aromatic N) is 4. The van der Waals surface area contributed by atoms with Crippen molar-refractivity contribution < 1.29 is 29.6 Å². The summed E-state index contributed by atoms with van der Waals surface area (Å²) >= 11 is 0. The third-order valence-electron chi connectivity index (χ3n) is 1.01. The van der Waals surface area contributed by atoms with Crippen LogP contribution in [0.5, 0.6) is 0 Å². The fourth-order valence-electron chi connectivity index (χ4n) is 0.589. The van der Waals surface area contributed by atoms with Gasteiger partial charge in [-0.3, -0.25) is 5.11 Å². The third-order valence-corrected chi connectivity index (χ3v) is 1.01. The van der Waals surface area contributed by atoms with Crippen LogP contribution in [0.1, 0.15) is 0 Å². The standard InChI is InChI=1S/C7H5N4.Na/c8-6-9-11-10-7-4-2-1-3-5-7;/h1-5H;/q-1;+1. The Morgan fingerprint density at radius 2 is 1.92 bits per heavy atom. The largest absolute Gasteiger partial charge is 1.00 e. The van der Waals surface area contributed by atoms with E-state index in [9.17, 15) is 0 Å². The van der Waals surface area contributed by atoms with Gasteiger partial charge in [0.25, 0.3) is 0 Å². The van der Waals surface area contributed by atoms with E-state index in [0.29, 0.717) is 5.69 Å². The second-order valence-electron chi connectivity index (χ2n) is 1.72. The van der Waals surface area contributed by atoms with E-state index in [4.69, 9.17) is 5.26 Å². The molecule has 0 saturated carbocycles. The zero-order valence-corrected chi connectivity index (χ0v) is 8.68. The van der Waals surface area contributed by atoms with Gasteiger partial charge in [0.05, 0.1) is 0 Å². The molecule has 0 amide bonds. The Labute approximate surface area is 92.6 Å². The monoisotopic (exact) mass is 168 g/mol. The van der Waals surface area contributed by atoms with Gasteiger partial charge >= 0.3 is 29.6 Å². The predicted molar refractivity (Wildman–Crippen MR) is 39.9 cm³/mol. The Hall–Kier alpha value is -0.890. The Morgan fingerprint density at radius 3 is 2.50 bits per heavy atom. The first kappa shape index (κ1) is 11.1.